The van der Waals surface area contributed by atoms with Crippen LogP contribution in [0.15, 0.2) is 12.1 Å². The predicted molar refractivity (Wildman–Crippen MR) is 94.8 cm³/mol. The highest BCUT2D eigenvalue weighted by Gasteiger charge is 2.39. The number of piperidine rings is 1. The molecule has 2 aliphatic heterocycles. The van der Waals surface area contributed by atoms with Gasteiger partial charge in [0.25, 0.3) is 0 Å². The lowest BCUT2D eigenvalue weighted by Crippen LogP contribution is -2.47. The summed E-state index contributed by atoms with van der Waals surface area (Å²) in [4.78, 5) is 14.3. The standard InChI is InChI=1S/C20H29NO3/c1-20(2,3)11-14-12-21-7-6-13-8-18(23-4)19(24-5)9-15(13)16(21)10-17(14)22/h8-9,14,16H,6-7,10-12H2,1-5H3/t14-,16-/m0/s1/i5D3,6D2,7D2,10D2,14D. The molecule has 2 atom stereocenters. The minimum Gasteiger partial charge on any atom is -0.493 e. The van der Waals surface area contributed by atoms with E-state index in [1.165, 1.54) is 7.11 Å². The van der Waals surface area contributed by atoms with Crippen molar-refractivity contribution in [2.24, 2.45) is 11.3 Å². The molecule has 1 aromatic carbocycles. The monoisotopic (exact) mass is 341 g/mol. The molecule has 1 saturated heterocycles. The zero-order valence-corrected chi connectivity index (χ0v) is 14.3. The van der Waals surface area contributed by atoms with Crippen molar-refractivity contribution in [1.29, 1.82) is 0 Å². The van der Waals surface area contributed by atoms with Gasteiger partial charge in [0.1, 0.15) is 5.78 Å². The number of nitrogens with zero attached hydrogens (tertiary/aromatic N) is 1. The molecule has 0 saturated carbocycles. The summed E-state index contributed by atoms with van der Waals surface area (Å²) in [5.74, 6) is -3.55. The number of hydrogen-bond donors (Lipinski definition) is 0. The molecule has 0 unspecified atom stereocenters. The smallest absolute Gasteiger partial charge is 0.161 e. The van der Waals surface area contributed by atoms with Crippen LogP contribution in [0.5, 0.6) is 11.5 Å². The summed E-state index contributed by atoms with van der Waals surface area (Å²) < 4.78 is 93.1. The Hall–Kier alpha value is -1.55. The Bertz CT molecular complexity index is 1000. The van der Waals surface area contributed by atoms with Crippen LogP contribution in [0.1, 0.15) is 64.4 Å². The van der Waals surface area contributed by atoms with E-state index in [0.717, 1.165) is 17.0 Å². The molecule has 0 amide bonds. The summed E-state index contributed by atoms with van der Waals surface area (Å²) in [5, 5.41) is 0. The number of ether oxygens (including phenoxy) is 2. The average Bonchev–Trinajstić information content (AvgIpc) is 2.62. The zero-order chi connectivity index (χ0) is 26.3. The van der Waals surface area contributed by atoms with Gasteiger partial charge in [0, 0.05) is 40.9 Å². The molecule has 3 rings (SSSR count). The van der Waals surface area contributed by atoms with Crippen LogP contribution in [0, 0.1) is 11.3 Å². The molecule has 24 heavy (non-hydrogen) atoms. The lowest BCUT2D eigenvalue weighted by Gasteiger charge is -2.44. The molecule has 0 radical (unpaired) electrons. The van der Waals surface area contributed by atoms with Crippen LogP contribution in [0.2, 0.25) is 0 Å². The Morgan fingerprint density at radius 3 is 2.79 bits per heavy atom. The Morgan fingerprint density at radius 2 is 2.12 bits per heavy atom. The molecule has 0 aliphatic carbocycles. The number of ketones is 1. The highest BCUT2D eigenvalue weighted by Crippen LogP contribution is 2.43. The summed E-state index contributed by atoms with van der Waals surface area (Å²) in [6.07, 6.45) is -5.57. The van der Waals surface area contributed by atoms with Crippen molar-refractivity contribution in [2.45, 2.75) is 46.0 Å². The lowest BCUT2D eigenvalue weighted by atomic mass is 9.76. The van der Waals surface area contributed by atoms with Gasteiger partial charge in [0.05, 0.1) is 18.3 Å². The number of aryl methyl sites for hydroxylation is 1. The van der Waals surface area contributed by atoms with Crippen LogP contribution in [0.25, 0.3) is 0 Å². The molecule has 2 aliphatic rings. The molecular weight excluding hydrogens is 302 g/mol. The molecule has 2 heterocycles. The van der Waals surface area contributed by atoms with E-state index >= 15 is 0 Å². The molecule has 0 N–H and O–H groups in total. The topological polar surface area (TPSA) is 38.8 Å². The van der Waals surface area contributed by atoms with Crippen LogP contribution in [0.4, 0.5) is 0 Å². The first-order chi connectivity index (χ1) is 15.1. The lowest BCUT2D eigenvalue weighted by molar-refractivity contribution is -0.130. The molecule has 1 fully saturated rings. The third-order valence-corrected chi connectivity index (χ3v) is 4.08. The zero-order valence-electron chi connectivity index (χ0n) is 24.3. The van der Waals surface area contributed by atoms with Crippen molar-refractivity contribution >= 4 is 5.78 Å². The second-order valence-corrected chi connectivity index (χ2v) is 7.27. The number of benzene rings is 1. The van der Waals surface area contributed by atoms with Crippen LogP contribution >= 0.6 is 0 Å². The Balaban J connectivity index is 2.31. The number of fused-ring (bicyclic) bond motifs is 3. The van der Waals surface area contributed by atoms with E-state index in [-0.39, 0.29) is 29.0 Å². The van der Waals surface area contributed by atoms with Crippen LogP contribution < -0.4 is 9.47 Å². The fraction of sp³-hybridized carbons (Fsp3) is 0.650. The van der Waals surface area contributed by atoms with Crippen molar-refractivity contribution in [3.05, 3.63) is 23.3 Å². The first-order valence-corrected chi connectivity index (χ1v) is 7.82. The van der Waals surface area contributed by atoms with Gasteiger partial charge in [-0.25, -0.2) is 0 Å². The van der Waals surface area contributed by atoms with Gasteiger partial charge in [-0.05, 0) is 41.5 Å². The summed E-state index contributed by atoms with van der Waals surface area (Å²) in [5.41, 5.74) is -0.969. The third-order valence-electron chi connectivity index (χ3n) is 4.08. The SMILES string of the molecule is [2H]C([2H])([2H])Oc1cc2c(cc1OC)C([2H])([2H])C([2H])([2H])N1C[C@]([2H])(CC(C)(C)C)C(=O)C([2H])([2H])[C@@H]21. The van der Waals surface area contributed by atoms with Gasteiger partial charge in [0.15, 0.2) is 11.5 Å². The fourth-order valence-corrected chi connectivity index (χ4v) is 3.08. The second kappa shape index (κ2) is 6.40. The molecular formula is C20H29NO3. The maximum Gasteiger partial charge on any atom is 0.161 e. The van der Waals surface area contributed by atoms with Gasteiger partial charge in [0.2, 0.25) is 0 Å². The average molecular weight is 342 g/mol. The largest absolute Gasteiger partial charge is 0.493 e. The quantitative estimate of drug-likeness (QED) is 0.841. The van der Waals surface area contributed by atoms with Gasteiger partial charge in [-0.1, -0.05) is 20.8 Å². The molecule has 4 heteroatoms. The number of Topliss-reactive ketones (excluding diaryl/α,β-unsaturated/α-hetero) is 1. The molecule has 1 aromatic rings. The Labute approximate surface area is 159 Å². The first kappa shape index (κ1) is 8.70. The number of methoxy groups -OCH3 is 2. The van der Waals surface area contributed by atoms with E-state index in [0.29, 0.717) is 0 Å². The summed E-state index contributed by atoms with van der Waals surface area (Å²) in [6.45, 7) is 1.99. The normalized spacial score (nSPS) is 40.3. The van der Waals surface area contributed by atoms with Crippen molar-refractivity contribution in [1.82, 2.24) is 4.90 Å². The molecule has 0 spiro atoms. The van der Waals surface area contributed by atoms with Crippen molar-refractivity contribution in [3.63, 3.8) is 0 Å². The third kappa shape index (κ3) is 3.30. The summed E-state index contributed by atoms with van der Waals surface area (Å²) in [7, 11) is -1.69. The highest BCUT2D eigenvalue weighted by atomic mass is 16.5. The molecule has 4 nitrogen and oxygen atoms in total. The molecule has 0 aromatic heterocycles. The van der Waals surface area contributed by atoms with E-state index in [1.807, 2.05) is 0 Å². The van der Waals surface area contributed by atoms with E-state index < -0.39 is 56.0 Å². The fourth-order valence-electron chi connectivity index (χ4n) is 3.08. The van der Waals surface area contributed by atoms with Crippen LogP contribution in [0.3, 0.4) is 0 Å². The number of carbonyl (C=O) groups excluding carboxylic acids is 1. The molecule has 0 bridgehead atoms. The number of carbonyl (C=O) groups is 1. The van der Waals surface area contributed by atoms with Crippen molar-refractivity contribution < 1.29 is 28.0 Å². The van der Waals surface area contributed by atoms with Gasteiger partial charge < -0.3 is 9.47 Å². The predicted octanol–water partition coefficient (Wildman–Crippen LogP) is 3.63. The highest BCUT2D eigenvalue weighted by molar-refractivity contribution is 5.83. The number of hydrogen-bond acceptors (Lipinski definition) is 4. The van der Waals surface area contributed by atoms with Crippen molar-refractivity contribution in [3.8, 4) is 11.5 Å². The van der Waals surface area contributed by atoms with Gasteiger partial charge in [-0.3, -0.25) is 9.69 Å². The van der Waals surface area contributed by atoms with Crippen LogP contribution in [-0.2, 0) is 11.2 Å². The van der Waals surface area contributed by atoms with E-state index in [9.17, 15) is 4.79 Å². The van der Waals surface area contributed by atoms with E-state index in [4.69, 9.17) is 23.2 Å². The Kier molecular flexibility index (Phi) is 2.32. The summed E-state index contributed by atoms with van der Waals surface area (Å²) >= 11 is 0. The molecule has 132 valence electrons. The minimum absolute atomic E-state index is 0.0659. The first-order valence-electron chi connectivity index (χ1n) is 12.8. The second-order valence-electron chi connectivity index (χ2n) is 7.27. The number of rotatable bonds is 3. The maximum atomic E-state index is 13.4. The van der Waals surface area contributed by atoms with Gasteiger partial charge in [-0.15, -0.1) is 0 Å². The minimum atomic E-state index is -2.89. The van der Waals surface area contributed by atoms with Gasteiger partial charge in [-0.2, -0.15) is 0 Å². The van der Waals surface area contributed by atoms with Crippen molar-refractivity contribution in [2.75, 3.05) is 27.2 Å². The van der Waals surface area contributed by atoms with E-state index in [1.54, 1.807) is 20.8 Å². The Morgan fingerprint density at radius 1 is 1.38 bits per heavy atom. The van der Waals surface area contributed by atoms with Gasteiger partial charge >= 0.3 is 0 Å². The van der Waals surface area contributed by atoms with Crippen LogP contribution in [-0.4, -0.2) is 37.9 Å². The van der Waals surface area contributed by atoms with E-state index in [2.05, 4.69) is 0 Å². The maximum absolute atomic E-state index is 13.4. The summed E-state index contributed by atoms with van der Waals surface area (Å²) in [6, 6.07) is 0.568.